The molecule has 0 atom stereocenters. The number of likely N-dealkylation sites (tertiary alicyclic amines) is 1. The summed E-state index contributed by atoms with van der Waals surface area (Å²) in [6.07, 6.45) is 4.15. The molecule has 0 spiro atoms. The summed E-state index contributed by atoms with van der Waals surface area (Å²) in [6, 6.07) is 18.6. The number of carboxylic acid groups (broad SMARTS) is 2. The zero-order chi connectivity index (χ0) is 25.6. The lowest BCUT2D eigenvalue weighted by Gasteiger charge is -2.33. The number of ether oxygens (including phenoxy) is 1. The largest absolute Gasteiger partial charge is 0.489 e. The third-order valence-electron chi connectivity index (χ3n) is 5.92. The van der Waals surface area contributed by atoms with Crippen LogP contribution in [0.3, 0.4) is 0 Å². The molecule has 0 aliphatic carbocycles. The van der Waals surface area contributed by atoms with Gasteiger partial charge in [-0.1, -0.05) is 55.8 Å². The number of nitrogens with zero attached hydrogens (tertiary/aromatic N) is 2. The van der Waals surface area contributed by atoms with E-state index in [4.69, 9.17) is 24.5 Å². The summed E-state index contributed by atoms with van der Waals surface area (Å²) >= 11 is 0. The van der Waals surface area contributed by atoms with Crippen molar-refractivity contribution in [2.45, 2.75) is 45.8 Å². The Bertz CT molecular complexity index is 912. The fraction of sp³-hybridized carbons (Fsp3) is 0.444. The minimum Gasteiger partial charge on any atom is -0.489 e. The molecule has 0 bridgehead atoms. The third-order valence-corrected chi connectivity index (χ3v) is 5.92. The number of amides is 1. The van der Waals surface area contributed by atoms with Crippen molar-refractivity contribution in [1.82, 2.24) is 9.80 Å². The normalized spacial score (nSPS) is 13.9. The van der Waals surface area contributed by atoms with E-state index in [9.17, 15) is 4.79 Å². The number of hydrogen-bond donors (Lipinski definition) is 2. The molecule has 1 amide bonds. The molecule has 8 nitrogen and oxygen atoms in total. The Hall–Kier alpha value is -3.39. The van der Waals surface area contributed by atoms with Gasteiger partial charge in [0.15, 0.2) is 0 Å². The van der Waals surface area contributed by atoms with Crippen molar-refractivity contribution in [2.24, 2.45) is 5.92 Å². The molecule has 8 heteroatoms. The minimum atomic E-state index is -1.82. The first-order valence-corrected chi connectivity index (χ1v) is 12.0. The van der Waals surface area contributed by atoms with Crippen LogP contribution in [-0.4, -0.2) is 64.5 Å². The Morgan fingerprint density at radius 3 is 2.09 bits per heavy atom. The number of rotatable bonds is 9. The highest BCUT2D eigenvalue weighted by Gasteiger charge is 2.26. The van der Waals surface area contributed by atoms with E-state index in [1.807, 2.05) is 30.1 Å². The molecular formula is C27H36N2O6. The molecule has 0 radical (unpaired) electrons. The van der Waals surface area contributed by atoms with Crippen molar-refractivity contribution in [3.05, 3.63) is 65.7 Å². The summed E-state index contributed by atoms with van der Waals surface area (Å²) in [5.41, 5.74) is 2.47. The molecule has 0 saturated carbocycles. The second-order valence-electron chi connectivity index (χ2n) is 8.69. The van der Waals surface area contributed by atoms with Crippen molar-refractivity contribution in [3.63, 3.8) is 0 Å². The Balaban J connectivity index is 0.000000641. The Kier molecular flexibility index (Phi) is 11.8. The summed E-state index contributed by atoms with van der Waals surface area (Å²) in [5, 5.41) is 14.8. The molecule has 2 aromatic carbocycles. The summed E-state index contributed by atoms with van der Waals surface area (Å²) in [6.45, 7) is 6.56. The summed E-state index contributed by atoms with van der Waals surface area (Å²) in [4.78, 5) is 35.1. The molecular weight excluding hydrogens is 448 g/mol. The lowest BCUT2D eigenvalue weighted by molar-refractivity contribution is -0.159. The van der Waals surface area contributed by atoms with Crippen molar-refractivity contribution in [3.8, 4) is 5.75 Å². The van der Waals surface area contributed by atoms with E-state index >= 15 is 0 Å². The maximum Gasteiger partial charge on any atom is 0.414 e. The zero-order valence-corrected chi connectivity index (χ0v) is 20.6. The van der Waals surface area contributed by atoms with Gasteiger partial charge in [0.25, 0.3) is 0 Å². The molecule has 1 aliphatic rings. The van der Waals surface area contributed by atoms with Gasteiger partial charge in [0, 0.05) is 26.1 Å². The topological polar surface area (TPSA) is 107 Å². The van der Waals surface area contributed by atoms with Gasteiger partial charge in [-0.05, 0) is 55.6 Å². The van der Waals surface area contributed by atoms with Crippen LogP contribution in [0.25, 0.3) is 0 Å². The van der Waals surface area contributed by atoms with Gasteiger partial charge in [0.2, 0.25) is 5.91 Å². The second-order valence-corrected chi connectivity index (χ2v) is 8.69. The van der Waals surface area contributed by atoms with Crippen molar-refractivity contribution in [1.29, 1.82) is 0 Å². The van der Waals surface area contributed by atoms with Crippen LogP contribution in [0, 0.1) is 5.92 Å². The van der Waals surface area contributed by atoms with Crippen LogP contribution < -0.4 is 4.74 Å². The number of unbranched alkanes of at least 4 members (excludes halogenated alkanes) is 1. The minimum absolute atomic E-state index is 0.196. The fourth-order valence-corrected chi connectivity index (χ4v) is 3.85. The summed E-state index contributed by atoms with van der Waals surface area (Å²) < 4.78 is 5.87. The van der Waals surface area contributed by atoms with E-state index in [1.165, 1.54) is 11.1 Å². The number of hydrogen-bond acceptors (Lipinski definition) is 5. The summed E-state index contributed by atoms with van der Waals surface area (Å²) in [5.74, 6) is -2.22. The predicted octanol–water partition coefficient (Wildman–Crippen LogP) is 3.89. The summed E-state index contributed by atoms with van der Waals surface area (Å²) in [7, 11) is 1.95. The zero-order valence-electron chi connectivity index (χ0n) is 20.6. The number of aliphatic carboxylic acids is 2. The molecule has 35 heavy (non-hydrogen) atoms. The van der Waals surface area contributed by atoms with Crippen LogP contribution >= 0.6 is 0 Å². The molecule has 1 saturated heterocycles. The molecule has 2 aromatic rings. The van der Waals surface area contributed by atoms with E-state index in [2.05, 4.69) is 48.2 Å². The number of carbonyl (C=O) groups is 3. The van der Waals surface area contributed by atoms with E-state index in [0.29, 0.717) is 12.5 Å². The van der Waals surface area contributed by atoms with Crippen LogP contribution in [0.4, 0.5) is 0 Å². The maximum absolute atomic E-state index is 12.6. The van der Waals surface area contributed by atoms with Crippen molar-refractivity contribution < 1.29 is 29.3 Å². The molecule has 190 valence electrons. The predicted molar refractivity (Wildman–Crippen MR) is 133 cm³/mol. The van der Waals surface area contributed by atoms with E-state index in [1.54, 1.807) is 0 Å². The highest BCUT2D eigenvalue weighted by atomic mass is 16.5. The van der Waals surface area contributed by atoms with E-state index in [0.717, 1.165) is 57.6 Å². The van der Waals surface area contributed by atoms with Crippen LogP contribution in [0.2, 0.25) is 0 Å². The second kappa shape index (κ2) is 14.8. The molecule has 2 N–H and O–H groups in total. The quantitative estimate of drug-likeness (QED) is 0.520. The first kappa shape index (κ1) is 27.9. The van der Waals surface area contributed by atoms with Crippen molar-refractivity contribution in [2.75, 3.05) is 26.7 Å². The Morgan fingerprint density at radius 1 is 0.943 bits per heavy atom. The SMILES string of the molecule is CCCCN(C)C(=O)C1CCN(Cc2ccc(OCc3ccccc3)cc2)CC1.O=C(O)C(=O)O. The first-order chi connectivity index (χ1) is 16.8. The Labute approximate surface area is 207 Å². The van der Waals surface area contributed by atoms with Gasteiger partial charge < -0.3 is 19.8 Å². The number of piperidine rings is 1. The van der Waals surface area contributed by atoms with E-state index < -0.39 is 11.9 Å². The van der Waals surface area contributed by atoms with Gasteiger partial charge in [0.1, 0.15) is 12.4 Å². The average Bonchev–Trinajstić information content (AvgIpc) is 2.88. The van der Waals surface area contributed by atoms with Gasteiger partial charge in [0.05, 0.1) is 0 Å². The van der Waals surface area contributed by atoms with Gasteiger partial charge >= 0.3 is 11.9 Å². The molecule has 1 fully saturated rings. The molecule has 0 unspecified atom stereocenters. The smallest absolute Gasteiger partial charge is 0.414 e. The molecule has 0 aromatic heterocycles. The van der Waals surface area contributed by atoms with Gasteiger partial charge in [-0.3, -0.25) is 9.69 Å². The monoisotopic (exact) mass is 484 g/mol. The third kappa shape index (κ3) is 10.2. The van der Waals surface area contributed by atoms with Crippen LogP contribution in [0.1, 0.15) is 43.7 Å². The van der Waals surface area contributed by atoms with Gasteiger partial charge in [-0.2, -0.15) is 0 Å². The standard InChI is InChI=1S/C25H34N2O2.C2H2O4/c1-3-4-16-26(2)25(28)23-14-17-27(18-15-23)19-21-10-12-24(13-11-21)29-20-22-8-6-5-7-9-22;3-1(4)2(5)6/h5-13,23H,3-4,14-20H2,1-2H3;(H,3,4)(H,5,6). The number of benzene rings is 2. The van der Waals surface area contributed by atoms with E-state index in [-0.39, 0.29) is 5.92 Å². The number of carboxylic acids is 2. The maximum atomic E-state index is 12.6. The first-order valence-electron chi connectivity index (χ1n) is 12.0. The lowest BCUT2D eigenvalue weighted by atomic mass is 9.95. The Morgan fingerprint density at radius 2 is 1.54 bits per heavy atom. The highest BCUT2D eigenvalue weighted by Crippen LogP contribution is 2.22. The molecule has 1 heterocycles. The molecule has 3 rings (SSSR count). The van der Waals surface area contributed by atoms with Crippen LogP contribution in [0.15, 0.2) is 54.6 Å². The average molecular weight is 485 g/mol. The van der Waals surface area contributed by atoms with Crippen molar-refractivity contribution >= 4 is 17.8 Å². The molecule has 1 aliphatic heterocycles. The highest BCUT2D eigenvalue weighted by molar-refractivity contribution is 6.27. The van der Waals surface area contributed by atoms with Crippen LogP contribution in [-0.2, 0) is 27.5 Å². The fourth-order valence-electron chi connectivity index (χ4n) is 3.85. The van der Waals surface area contributed by atoms with Gasteiger partial charge in [-0.25, -0.2) is 9.59 Å². The number of carbonyl (C=O) groups excluding carboxylic acids is 1. The van der Waals surface area contributed by atoms with Crippen LogP contribution in [0.5, 0.6) is 5.75 Å². The van der Waals surface area contributed by atoms with Gasteiger partial charge in [-0.15, -0.1) is 0 Å². The lowest BCUT2D eigenvalue weighted by Crippen LogP contribution is -2.41.